The Balaban J connectivity index is 0.000000538. The first kappa shape index (κ1) is 30.8. The molecule has 2 aromatic carbocycles. The van der Waals surface area contributed by atoms with Gasteiger partial charge >= 0.3 is 5.97 Å². The highest BCUT2D eigenvalue weighted by molar-refractivity contribution is 5.89. The summed E-state index contributed by atoms with van der Waals surface area (Å²) in [6.07, 6.45) is 3.79. The van der Waals surface area contributed by atoms with Crippen molar-refractivity contribution in [3.05, 3.63) is 65.7 Å². The molecule has 2 aromatic rings. The van der Waals surface area contributed by atoms with Crippen molar-refractivity contribution in [2.75, 3.05) is 13.7 Å². The van der Waals surface area contributed by atoms with E-state index < -0.39 is 12.1 Å². The first-order chi connectivity index (χ1) is 16.4. The molecule has 1 amide bonds. The van der Waals surface area contributed by atoms with Crippen molar-refractivity contribution < 1.29 is 29.0 Å². The number of benzene rings is 2. The van der Waals surface area contributed by atoms with Gasteiger partial charge in [-0.25, -0.2) is 4.79 Å². The molecule has 0 aliphatic heterocycles. The number of hydrogen-bond donors (Lipinski definition) is 3. The molecule has 0 heterocycles. The summed E-state index contributed by atoms with van der Waals surface area (Å²) < 4.78 is 9.91. The molecule has 2 atom stereocenters. The van der Waals surface area contributed by atoms with Gasteiger partial charge in [-0.3, -0.25) is 9.59 Å². The quantitative estimate of drug-likeness (QED) is 0.231. The van der Waals surface area contributed by atoms with Crippen LogP contribution in [0, 0.1) is 0 Å². The molecule has 0 saturated carbocycles. The summed E-state index contributed by atoms with van der Waals surface area (Å²) in [5.41, 5.74) is 7.90. The third-order valence-corrected chi connectivity index (χ3v) is 4.27. The molecule has 8 nitrogen and oxygen atoms in total. The van der Waals surface area contributed by atoms with Crippen LogP contribution in [0.2, 0.25) is 0 Å². The van der Waals surface area contributed by atoms with E-state index in [2.05, 4.69) is 12.2 Å². The topological polar surface area (TPSA) is 128 Å². The summed E-state index contributed by atoms with van der Waals surface area (Å²) in [5, 5.41) is 11.2. The van der Waals surface area contributed by atoms with Gasteiger partial charge in [-0.05, 0) is 43.0 Å². The van der Waals surface area contributed by atoms with Crippen molar-refractivity contribution in [1.82, 2.24) is 5.32 Å². The average Bonchev–Trinajstić information content (AvgIpc) is 2.82. The Labute approximate surface area is 202 Å². The zero-order valence-corrected chi connectivity index (χ0v) is 20.3. The highest BCUT2D eigenvalue weighted by Gasteiger charge is 2.17. The van der Waals surface area contributed by atoms with E-state index in [1.54, 1.807) is 31.4 Å². The summed E-state index contributed by atoms with van der Waals surface area (Å²) >= 11 is 0. The molecule has 0 fully saturated rings. The van der Waals surface area contributed by atoms with Crippen LogP contribution in [0.25, 0.3) is 0 Å². The van der Waals surface area contributed by atoms with Gasteiger partial charge in [0.1, 0.15) is 5.75 Å². The van der Waals surface area contributed by atoms with Gasteiger partial charge < -0.3 is 25.6 Å². The maximum atomic E-state index is 10.6. The van der Waals surface area contributed by atoms with Crippen molar-refractivity contribution in [1.29, 1.82) is 0 Å². The molecular weight excluding hydrogens is 436 g/mol. The molecule has 34 heavy (non-hydrogen) atoms. The van der Waals surface area contributed by atoms with Crippen molar-refractivity contribution in [3.63, 3.8) is 0 Å². The number of nitrogens with one attached hydrogen (secondary N) is 1. The van der Waals surface area contributed by atoms with Crippen LogP contribution < -0.4 is 15.8 Å². The summed E-state index contributed by atoms with van der Waals surface area (Å²) in [6, 6.07) is 17.0. The number of carboxylic acids is 1. The fraction of sp³-hybridized carbons (Fsp3) is 0.423. The van der Waals surface area contributed by atoms with E-state index in [1.165, 1.54) is 18.4 Å². The van der Waals surface area contributed by atoms with Gasteiger partial charge in [-0.1, -0.05) is 62.2 Å². The van der Waals surface area contributed by atoms with Gasteiger partial charge in [0.15, 0.2) is 6.29 Å². The van der Waals surface area contributed by atoms with Crippen LogP contribution in [0.15, 0.2) is 54.6 Å². The van der Waals surface area contributed by atoms with E-state index in [4.69, 9.17) is 20.3 Å². The lowest BCUT2D eigenvalue weighted by atomic mass is 10.1. The molecule has 2 rings (SSSR count). The summed E-state index contributed by atoms with van der Waals surface area (Å²) in [5.74, 6) is -0.961. The van der Waals surface area contributed by atoms with Crippen LogP contribution in [0.4, 0.5) is 0 Å². The van der Waals surface area contributed by atoms with E-state index in [1.807, 2.05) is 37.3 Å². The summed E-state index contributed by atoms with van der Waals surface area (Å²) in [6.45, 7) is 5.58. The number of hydrogen-bond acceptors (Lipinski definition) is 6. The number of unbranched alkanes of at least 4 members (excludes halogenated alkanes) is 2. The minimum Gasteiger partial charge on any atom is -0.478 e. The van der Waals surface area contributed by atoms with E-state index in [9.17, 15) is 14.4 Å². The molecule has 4 N–H and O–H groups in total. The number of amides is 1. The van der Waals surface area contributed by atoms with Crippen LogP contribution in [-0.2, 0) is 32.1 Å². The van der Waals surface area contributed by atoms with Crippen molar-refractivity contribution >= 4 is 18.7 Å². The second-order valence-electron chi connectivity index (χ2n) is 7.54. The fourth-order valence-electron chi connectivity index (χ4n) is 2.64. The number of aldehydes is 1. The van der Waals surface area contributed by atoms with Crippen molar-refractivity contribution in [2.24, 2.45) is 5.73 Å². The lowest BCUT2D eigenvalue weighted by Gasteiger charge is -2.10. The highest BCUT2D eigenvalue weighted by Crippen LogP contribution is 2.14. The van der Waals surface area contributed by atoms with Gasteiger partial charge in [0, 0.05) is 19.7 Å². The Morgan fingerprint density at radius 1 is 1.06 bits per heavy atom. The van der Waals surface area contributed by atoms with Crippen molar-refractivity contribution in [2.45, 2.75) is 58.3 Å². The zero-order chi connectivity index (χ0) is 25.6. The summed E-state index contributed by atoms with van der Waals surface area (Å²) in [7, 11) is 1.70. The molecule has 2 unspecified atom stereocenters. The standard InChI is InChI=1S/C12H15NO4.C8H10O.C6H13NO/c1-8(13)6-9-2-4-10(5-3-9)17-11(7-14)12(15)16;1-9-7-8-5-3-2-4-6-8;1-2-3-4-5-7-6-8/h2-5,7-8,11H,6,13H2,1H3,(H,15,16);2-6H,7H2,1H3;6H,2-5H2,1H3,(H,7,8). The lowest BCUT2D eigenvalue weighted by molar-refractivity contribution is -0.147. The van der Waals surface area contributed by atoms with Crippen LogP contribution >= 0.6 is 0 Å². The summed E-state index contributed by atoms with van der Waals surface area (Å²) in [4.78, 5) is 30.7. The molecule has 0 radical (unpaired) electrons. The highest BCUT2D eigenvalue weighted by atomic mass is 16.5. The molecule has 188 valence electrons. The van der Waals surface area contributed by atoms with Gasteiger partial charge in [0.2, 0.25) is 12.5 Å². The SMILES string of the molecule is CC(N)Cc1ccc(OC(C=O)C(=O)O)cc1.CCCCCNC=O.COCc1ccccc1. The number of carbonyl (C=O) groups is 3. The number of carboxylic acid groups (broad SMARTS) is 1. The Bertz CT molecular complexity index is 782. The Morgan fingerprint density at radius 3 is 2.18 bits per heavy atom. The van der Waals surface area contributed by atoms with Crippen LogP contribution in [0.3, 0.4) is 0 Å². The smallest absolute Gasteiger partial charge is 0.352 e. The predicted molar refractivity (Wildman–Crippen MR) is 133 cm³/mol. The van der Waals surface area contributed by atoms with E-state index >= 15 is 0 Å². The number of nitrogens with two attached hydrogens (primary N) is 1. The number of rotatable bonds is 13. The minimum absolute atomic E-state index is 0.0588. The Morgan fingerprint density at radius 2 is 1.71 bits per heavy atom. The van der Waals surface area contributed by atoms with Gasteiger partial charge in [0.25, 0.3) is 0 Å². The van der Waals surface area contributed by atoms with Gasteiger partial charge in [-0.15, -0.1) is 0 Å². The van der Waals surface area contributed by atoms with Gasteiger partial charge in [0.05, 0.1) is 6.61 Å². The predicted octanol–water partition coefficient (Wildman–Crippen LogP) is 3.36. The van der Waals surface area contributed by atoms with Crippen LogP contribution in [0.5, 0.6) is 5.75 Å². The Kier molecular flexibility index (Phi) is 18.4. The zero-order valence-electron chi connectivity index (χ0n) is 20.3. The minimum atomic E-state index is -1.46. The van der Waals surface area contributed by atoms with E-state index in [0.717, 1.165) is 31.4 Å². The molecule has 0 aliphatic carbocycles. The maximum Gasteiger partial charge on any atom is 0.352 e. The molecule has 0 aliphatic rings. The average molecular weight is 475 g/mol. The largest absolute Gasteiger partial charge is 0.478 e. The monoisotopic (exact) mass is 474 g/mol. The molecular formula is C26H38N2O6. The van der Waals surface area contributed by atoms with Crippen LogP contribution in [0.1, 0.15) is 44.2 Å². The fourth-order valence-corrected chi connectivity index (χ4v) is 2.64. The maximum absolute atomic E-state index is 10.6. The van der Waals surface area contributed by atoms with Crippen LogP contribution in [-0.4, -0.2) is 49.6 Å². The number of aliphatic carboxylic acids is 1. The molecule has 0 spiro atoms. The van der Waals surface area contributed by atoms with Gasteiger partial charge in [-0.2, -0.15) is 0 Å². The number of carbonyl (C=O) groups excluding carboxylic acids is 2. The first-order valence-electron chi connectivity index (χ1n) is 11.3. The second kappa shape index (κ2) is 20.4. The Hall–Kier alpha value is -3.23. The third-order valence-electron chi connectivity index (χ3n) is 4.27. The molecule has 0 saturated heterocycles. The van der Waals surface area contributed by atoms with E-state index in [-0.39, 0.29) is 12.3 Å². The normalized spacial score (nSPS) is 11.4. The first-order valence-corrected chi connectivity index (χ1v) is 11.3. The molecule has 0 bridgehead atoms. The molecule has 8 heteroatoms. The lowest BCUT2D eigenvalue weighted by Crippen LogP contribution is -2.28. The number of ether oxygens (including phenoxy) is 2. The second-order valence-corrected chi connectivity index (χ2v) is 7.54. The molecule has 0 aromatic heterocycles. The van der Waals surface area contributed by atoms with E-state index in [0.29, 0.717) is 12.4 Å². The van der Waals surface area contributed by atoms with Crippen molar-refractivity contribution in [3.8, 4) is 5.75 Å². The third kappa shape index (κ3) is 16.4. The number of methoxy groups -OCH3 is 1.